The molecular weight excluding hydrogens is 336 g/mol. The number of hydrogen-bond donors (Lipinski definition) is 2. The molecule has 0 aliphatic rings. The van der Waals surface area contributed by atoms with Gasteiger partial charge >= 0.3 is 5.97 Å². The standard InChI is InChI=1S/C15H18N2O4S2/c1-9-7-11(5-6-12(9)13(18)19)23(20,21)17-15(3,4)14-16-8-10(2)22-14/h5-8,17H,1-4H3,(H,18,19). The fraction of sp³-hybridized carbons (Fsp3) is 0.333. The van der Waals surface area contributed by atoms with Crippen LogP contribution in [-0.2, 0) is 15.6 Å². The second-order valence-corrected chi connectivity index (χ2v) is 8.71. The lowest BCUT2D eigenvalue weighted by Gasteiger charge is -2.23. The van der Waals surface area contributed by atoms with E-state index in [1.54, 1.807) is 27.0 Å². The molecule has 0 saturated heterocycles. The van der Waals surface area contributed by atoms with Crippen molar-refractivity contribution in [2.45, 2.75) is 38.1 Å². The van der Waals surface area contributed by atoms with Crippen LogP contribution in [0.3, 0.4) is 0 Å². The van der Waals surface area contributed by atoms with Crippen molar-refractivity contribution in [3.8, 4) is 0 Å². The monoisotopic (exact) mass is 354 g/mol. The SMILES string of the molecule is Cc1cnc(C(C)(C)NS(=O)(=O)c2ccc(C(=O)O)c(C)c2)s1. The lowest BCUT2D eigenvalue weighted by molar-refractivity contribution is 0.0696. The van der Waals surface area contributed by atoms with E-state index in [1.807, 2.05) is 6.92 Å². The molecule has 1 aromatic heterocycles. The Labute approximate surface area is 139 Å². The van der Waals surface area contributed by atoms with Gasteiger partial charge in [0.25, 0.3) is 0 Å². The van der Waals surface area contributed by atoms with Crippen molar-refractivity contribution in [3.63, 3.8) is 0 Å². The van der Waals surface area contributed by atoms with E-state index in [9.17, 15) is 13.2 Å². The fourth-order valence-corrected chi connectivity index (χ4v) is 4.48. The Morgan fingerprint density at radius 3 is 2.43 bits per heavy atom. The van der Waals surface area contributed by atoms with Crippen LogP contribution in [-0.4, -0.2) is 24.5 Å². The largest absolute Gasteiger partial charge is 0.478 e. The van der Waals surface area contributed by atoms with E-state index in [4.69, 9.17) is 5.11 Å². The maximum absolute atomic E-state index is 12.6. The van der Waals surface area contributed by atoms with E-state index < -0.39 is 21.5 Å². The van der Waals surface area contributed by atoms with Gasteiger partial charge in [-0.1, -0.05) is 0 Å². The molecule has 2 aromatic rings. The molecular formula is C15H18N2O4S2. The van der Waals surface area contributed by atoms with Crippen LogP contribution in [0.15, 0.2) is 29.3 Å². The van der Waals surface area contributed by atoms with Gasteiger partial charge in [-0.3, -0.25) is 0 Å². The number of carboxylic acid groups (broad SMARTS) is 1. The molecule has 0 atom stereocenters. The van der Waals surface area contributed by atoms with Gasteiger partial charge in [-0.05, 0) is 51.5 Å². The highest BCUT2D eigenvalue weighted by Crippen LogP contribution is 2.27. The molecule has 2 N–H and O–H groups in total. The van der Waals surface area contributed by atoms with Crippen LogP contribution in [0.4, 0.5) is 0 Å². The summed E-state index contributed by atoms with van der Waals surface area (Å²) >= 11 is 1.42. The Morgan fingerprint density at radius 2 is 1.96 bits per heavy atom. The van der Waals surface area contributed by atoms with Crippen LogP contribution in [0.2, 0.25) is 0 Å². The molecule has 0 radical (unpaired) electrons. The smallest absolute Gasteiger partial charge is 0.335 e. The zero-order valence-electron chi connectivity index (χ0n) is 13.2. The number of aryl methyl sites for hydroxylation is 2. The van der Waals surface area contributed by atoms with Gasteiger partial charge < -0.3 is 5.11 Å². The van der Waals surface area contributed by atoms with Crippen LogP contribution in [0.25, 0.3) is 0 Å². The highest BCUT2D eigenvalue weighted by molar-refractivity contribution is 7.89. The molecule has 0 fully saturated rings. The highest BCUT2D eigenvalue weighted by Gasteiger charge is 2.30. The number of sulfonamides is 1. The quantitative estimate of drug-likeness (QED) is 0.860. The van der Waals surface area contributed by atoms with Crippen molar-refractivity contribution < 1.29 is 18.3 Å². The average molecular weight is 354 g/mol. The summed E-state index contributed by atoms with van der Waals surface area (Å²) in [6.45, 7) is 6.94. The second kappa shape index (κ2) is 6.03. The topological polar surface area (TPSA) is 96.4 Å². The molecule has 0 aliphatic heterocycles. The zero-order chi connectivity index (χ0) is 17.4. The number of rotatable bonds is 5. The van der Waals surface area contributed by atoms with Crippen molar-refractivity contribution in [1.82, 2.24) is 9.71 Å². The normalized spacial score (nSPS) is 12.3. The summed E-state index contributed by atoms with van der Waals surface area (Å²) in [6.07, 6.45) is 1.70. The van der Waals surface area contributed by atoms with Gasteiger partial charge in [0, 0.05) is 11.1 Å². The molecule has 0 saturated carbocycles. The molecule has 23 heavy (non-hydrogen) atoms. The van der Waals surface area contributed by atoms with Crippen LogP contribution < -0.4 is 4.72 Å². The number of hydrogen-bond acceptors (Lipinski definition) is 5. The number of carbonyl (C=O) groups is 1. The molecule has 0 unspecified atom stereocenters. The van der Waals surface area contributed by atoms with Gasteiger partial charge in [-0.25, -0.2) is 18.2 Å². The summed E-state index contributed by atoms with van der Waals surface area (Å²) in [7, 11) is -3.80. The lowest BCUT2D eigenvalue weighted by atomic mass is 10.1. The Balaban J connectivity index is 2.35. The summed E-state index contributed by atoms with van der Waals surface area (Å²) in [5, 5.41) is 9.69. The number of thiazole rings is 1. The molecule has 1 aromatic carbocycles. The first-order valence-corrected chi connectivity index (χ1v) is 9.14. The van der Waals surface area contributed by atoms with E-state index in [2.05, 4.69) is 9.71 Å². The highest BCUT2D eigenvalue weighted by atomic mass is 32.2. The Hall–Kier alpha value is -1.77. The minimum atomic E-state index is -3.80. The van der Waals surface area contributed by atoms with E-state index in [0.717, 1.165) is 4.88 Å². The number of nitrogens with one attached hydrogen (secondary N) is 1. The van der Waals surface area contributed by atoms with Crippen molar-refractivity contribution in [3.05, 3.63) is 45.4 Å². The van der Waals surface area contributed by atoms with Gasteiger partial charge in [-0.15, -0.1) is 11.3 Å². The number of aromatic nitrogens is 1. The molecule has 6 nitrogen and oxygen atoms in total. The zero-order valence-corrected chi connectivity index (χ0v) is 14.9. The van der Waals surface area contributed by atoms with Crippen LogP contribution >= 0.6 is 11.3 Å². The van der Waals surface area contributed by atoms with Crippen molar-refractivity contribution in [2.75, 3.05) is 0 Å². The van der Waals surface area contributed by atoms with Gasteiger partial charge in [0.05, 0.1) is 16.0 Å². The van der Waals surface area contributed by atoms with Gasteiger partial charge in [0.1, 0.15) is 5.01 Å². The fourth-order valence-electron chi connectivity index (χ4n) is 2.13. The predicted molar refractivity (Wildman–Crippen MR) is 88.3 cm³/mol. The maximum Gasteiger partial charge on any atom is 0.335 e. The molecule has 2 rings (SSSR count). The summed E-state index contributed by atoms with van der Waals surface area (Å²) in [5.74, 6) is -1.09. The van der Waals surface area contributed by atoms with Crippen molar-refractivity contribution in [1.29, 1.82) is 0 Å². The number of benzene rings is 1. The third-order valence-corrected chi connectivity index (χ3v) is 6.17. The second-order valence-electron chi connectivity index (χ2n) is 5.79. The molecule has 1 heterocycles. The van der Waals surface area contributed by atoms with Crippen LogP contribution in [0, 0.1) is 13.8 Å². The summed E-state index contributed by atoms with van der Waals surface area (Å²) in [5.41, 5.74) is -0.390. The number of nitrogens with zero attached hydrogens (tertiary/aromatic N) is 1. The van der Waals surface area contributed by atoms with Gasteiger partial charge in [-0.2, -0.15) is 4.72 Å². The minimum Gasteiger partial charge on any atom is -0.478 e. The van der Waals surface area contributed by atoms with Gasteiger partial charge in [0.15, 0.2) is 0 Å². The third kappa shape index (κ3) is 3.77. The number of carboxylic acids is 1. The Bertz CT molecular complexity index is 854. The van der Waals surface area contributed by atoms with Crippen LogP contribution in [0.1, 0.15) is 39.7 Å². The molecule has 0 amide bonds. The Morgan fingerprint density at radius 1 is 1.30 bits per heavy atom. The summed E-state index contributed by atoms with van der Waals surface area (Å²) in [6, 6.07) is 3.95. The number of aromatic carboxylic acids is 1. The van der Waals surface area contributed by atoms with Crippen LogP contribution in [0.5, 0.6) is 0 Å². The lowest BCUT2D eigenvalue weighted by Crippen LogP contribution is -2.40. The van der Waals surface area contributed by atoms with E-state index in [-0.39, 0.29) is 10.5 Å². The van der Waals surface area contributed by atoms with Crippen molar-refractivity contribution >= 4 is 27.3 Å². The molecule has 0 bridgehead atoms. The summed E-state index contributed by atoms with van der Waals surface area (Å²) in [4.78, 5) is 16.3. The first-order chi connectivity index (χ1) is 10.5. The van der Waals surface area contributed by atoms with E-state index >= 15 is 0 Å². The molecule has 8 heteroatoms. The van der Waals surface area contributed by atoms with Gasteiger partial charge in [0.2, 0.25) is 10.0 Å². The summed E-state index contributed by atoms with van der Waals surface area (Å²) < 4.78 is 27.8. The molecule has 0 spiro atoms. The minimum absolute atomic E-state index is 0.0290. The first-order valence-electron chi connectivity index (χ1n) is 6.84. The Kier molecular flexibility index (Phi) is 4.61. The third-order valence-electron chi connectivity index (χ3n) is 3.28. The van der Waals surface area contributed by atoms with E-state index in [0.29, 0.717) is 10.6 Å². The average Bonchev–Trinajstić information content (AvgIpc) is 2.84. The predicted octanol–water partition coefficient (Wildman–Crippen LogP) is 2.67. The van der Waals surface area contributed by atoms with Crippen molar-refractivity contribution in [2.24, 2.45) is 0 Å². The van der Waals surface area contributed by atoms with E-state index in [1.165, 1.54) is 29.5 Å². The molecule has 0 aliphatic carbocycles. The first kappa shape index (κ1) is 17.6. The molecule has 124 valence electrons. The maximum atomic E-state index is 12.6.